The predicted octanol–water partition coefficient (Wildman–Crippen LogP) is 4.27. The van der Waals surface area contributed by atoms with Crippen molar-refractivity contribution in [3.63, 3.8) is 0 Å². The van der Waals surface area contributed by atoms with Crippen LogP contribution in [0.3, 0.4) is 0 Å². The van der Waals surface area contributed by atoms with E-state index < -0.39 is 0 Å². The van der Waals surface area contributed by atoms with Gasteiger partial charge in [-0.1, -0.05) is 46.1 Å². The van der Waals surface area contributed by atoms with E-state index in [1.54, 1.807) is 0 Å². The number of hydrogen-bond acceptors (Lipinski definition) is 2. The molecule has 0 aliphatic rings. The monoisotopic (exact) mass is 234 g/mol. The Balaban J connectivity index is 2.29. The lowest BCUT2D eigenvalue weighted by Gasteiger charge is -2.14. The van der Waals surface area contributed by atoms with Crippen LogP contribution in [0.1, 0.15) is 52.0 Å². The Hall–Kier alpha value is -1.05. The topological polar surface area (TPSA) is 24.9 Å². The minimum atomic E-state index is 0.863. The molecular formula is C15H26N2. The third-order valence-electron chi connectivity index (χ3n) is 3.37. The normalized spacial score (nSPS) is 12.4. The fourth-order valence-electron chi connectivity index (χ4n) is 2.10. The third-order valence-corrected chi connectivity index (χ3v) is 3.37. The van der Waals surface area contributed by atoms with Crippen LogP contribution in [-0.4, -0.2) is 11.5 Å². The van der Waals surface area contributed by atoms with Crippen molar-refractivity contribution in [3.8, 4) is 0 Å². The van der Waals surface area contributed by atoms with Crippen molar-refractivity contribution in [2.24, 2.45) is 5.92 Å². The first kappa shape index (κ1) is 14.0. The second-order valence-corrected chi connectivity index (χ2v) is 4.68. The van der Waals surface area contributed by atoms with E-state index >= 15 is 0 Å². The van der Waals surface area contributed by atoms with Crippen molar-refractivity contribution < 1.29 is 0 Å². The molecule has 0 bridgehead atoms. The van der Waals surface area contributed by atoms with Gasteiger partial charge in [0.25, 0.3) is 0 Å². The van der Waals surface area contributed by atoms with E-state index in [0.29, 0.717) is 0 Å². The molecule has 0 amide bonds. The molecule has 2 nitrogen and oxygen atoms in total. The smallest absolute Gasteiger partial charge is 0.125 e. The van der Waals surface area contributed by atoms with Crippen molar-refractivity contribution in [1.82, 2.24) is 4.98 Å². The van der Waals surface area contributed by atoms with Crippen molar-refractivity contribution in [3.05, 3.63) is 23.9 Å². The van der Waals surface area contributed by atoms with Crippen LogP contribution >= 0.6 is 0 Å². The Morgan fingerprint density at radius 3 is 2.53 bits per heavy atom. The number of aryl methyl sites for hydroxylation is 1. The lowest BCUT2D eigenvalue weighted by atomic mass is 9.97. The summed E-state index contributed by atoms with van der Waals surface area (Å²) in [6.07, 6.45) is 8.20. The number of anilines is 1. The molecule has 0 spiro atoms. The Labute approximate surface area is 106 Å². The molecule has 1 unspecified atom stereocenters. The van der Waals surface area contributed by atoms with Gasteiger partial charge in [-0.3, -0.25) is 0 Å². The highest BCUT2D eigenvalue weighted by Gasteiger charge is 2.04. The molecule has 2 heteroatoms. The Morgan fingerprint density at radius 2 is 2.00 bits per heavy atom. The maximum Gasteiger partial charge on any atom is 0.125 e. The van der Waals surface area contributed by atoms with Gasteiger partial charge in [-0.05, 0) is 30.4 Å². The van der Waals surface area contributed by atoms with Crippen LogP contribution in [0, 0.1) is 5.92 Å². The van der Waals surface area contributed by atoms with Crippen LogP contribution in [-0.2, 0) is 6.42 Å². The molecule has 0 aliphatic heterocycles. The van der Waals surface area contributed by atoms with Crippen LogP contribution in [0.4, 0.5) is 5.82 Å². The molecule has 1 heterocycles. The number of rotatable bonds is 8. The maximum absolute atomic E-state index is 4.41. The molecule has 1 aromatic rings. The fraction of sp³-hybridized carbons (Fsp3) is 0.667. The van der Waals surface area contributed by atoms with Crippen molar-refractivity contribution in [1.29, 1.82) is 0 Å². The second-order valence-electron chi connectivity index (χ2n) is 4.68. The van der Waals surface area contributed by atoms with Gasteiger partial charge in [0.2, 0.25) is 0 Å². The van der Waals surface area contributed by atoms with Gasteiger partial charge in [-0.15, -0.1) is 0 Å². The standard InChI is InChI=1S/C15H26N2/c1-4-7-13(5-2)10-11-16-15-9-8-14(6-3)12-17-15/h8-9,12-13H,4-7,10-11H2,1-3H3,(H,16,17). The first-order chi connectivity index (χ1) is 8.30. The highest BCUT2D eigenvalue weighted by Crippen LogP contribution is 2.15. The maximum atomic E-state index is 4.41. The van der Waals surface area contributed by atoms with Crippen molar-refractivity contribution in [2.75, 3.05) is 11.9 Å². The summed E-state index contributed by atoms with van der Waals surface area (Å²) in [6, 6.07) is 4.23. The molecule has 0 aromatic carbocycles. The number of aromatic nitrogens is 1. The summed E-state index contributed by atoms with van der Waals surface area (Å²) in [5.41, 5.74) is 1.30. The summed E-state index contributed by atoms with van der Waals surface area (Å²) < 4.78 is 0. The SMILES string of the molecule is CCCC(CC)CCNc1ccc(CC)cn1. The van der Waals surface area contributed by atoms with E-state index in [0.717, 1.165) is 24.7 Å². The first-order valence-corrected chi connectivity index (χ1v) is 6.98. The molecule has 0 aliphatic carbocycles. The van der Waals surface area contributed by atoms with Crippen LogP contribution in [0.2, 0.25) is 0 Å². The second kappa shape index (κ2) is 8.10. The number of nitrogens with zero attached hydrogens (tertiary/aromatic N) is 1. The van der Waals surface area contributed by atoms with E-state index in [-0.39, 0.29) is 0 Å². The summed E-state index contributed by atoms with van der Waals surface area (Å²) in [4.78, 5) is 4.41. The lowest BCUT2D eigenvalue weighted by Crippen LogP contribution is -2.09. The van der Waals surface area contributed by atoms with Crippen LogP contribution in [0.5, 0.6) is 0 Å². The summed E-state index contributed by atoms with van der Waals surface area (Å²) in [5, 5.41) is 3.41. The highest BCUT2D eigenvalue weighted by molar-refractivity contribution is 5.35. The summed E-state index contributed by atoms with van der Waals surface area (Å²) in [7, 11) is 0. The quantitative estimate of drug-likeness (QED) is 0.726. The average molecular weight is 234 g/mol. The zero-order chi connectivity index (χ0) is 12.5. The lowest BCUT2D eigenvalue weighted by molar-refractivity contribution is 0.443. The molecule has 0 radical (unpaired) electrons. The molecule has 96 valence electrons. The Bertz CT molecular complexity index is 292. The average Bonchev–Trinajstić information content (AvgIpc) is 2.38. The number of hydrogen-bond donors (Lipinski definition) is 1. The molecule has 1 rings (SSSR count). The Morgan fingerprint density at radius 1 is 1.18 bits per heavy atom. The molecule has 1 atom stereocenters. The van der Waals surface area contributed by atoms with Gasteiger partial charge in [0.15, 0.2) is 0 Å². The Kier molecular flexibility index (Phi) is 6.68. The van der Waals surface area contributed by atoms with Crippen molar-refractivity contribution in [2.45, 2.75) is 52.9 Å². The summed E-state index contributed by atoms with van der Waals surface area (Å²) >= 11 is 0. The van der Waals surface area contributed by atoms with E-state index in [1.807, 2.05) is 6.20 Å². The van der Waals surface area contributed by atoms with E-state index in [4.69, 9.17) is 0 Å². The molecule has 17 heavy (non-hydrogen) atoms. The summed E-state index contributed by atoms with van der Waals surface area (Å²) in [5.74, 6) is 1.87. The van der Waals surface area contributed by atoms with Crippen LogP contribution in [0.25, 0.3) is 0 Å². The minimum absolute atomic E-state index is 0.863. The van der Waals surface area contributed by atoms with E-state index in [2.05, 4.69) is 43.2 Å². The molecule has 1 aromatic heterocycles. The van der Waals surface area contributed by atoms with Crippen LogP contribution in [0.15, 0.2) is 18.3 Å². The van der Waals surface area contributed by atoms with Gasteiger partial charge < -0.3 is 5.32 Å². The third kappa shape index (κ3) is 5.20. The highest BCUT2D eigenvalue weighted by atomic mass is 15.0. The van der Waals surface area contributed by atoms with Gasteiger partial charge >= 0.3 is 0 Å². The fourth-order valence-corrected chi connectivity index (χ4v) is 2.10. The van der Waals surface area contributed by atoms with Crippen molar-refractivity contribution >= 4 is 5.82 Å². The van der Waals surface area contributed by atoms with Gasteiger partial charge in [-0.2, -0.15) is 0 Å². The predicted molar refractivity (Wildman–Crippen MR) is 75.4 cm³/mol. The molecular weight excluding hydrogens is 208 g/mol. The van der Waals surface area contributed by atoms with E-state index in [9.17, 15) is 0 Å². The van der Waals surface area contributed by atoms with Gasteiger partial charge in [0, 0.05) is 12.7 Å². The number of pyridine rings is 1. The zero-order valence-electron chi connectivity index (χ0n) is 11.5. The number of nitrogens with one attached hydrogen (secondary N) is 1. The minimum Gasteiger partial charge on any atom is -0.370 e. The summed E-state index contributed by atoms with van der Waals surface area (Å²) in [6.45, 7) is 7.74. The molecule has 1 N–H and O–H groups in total. The molecule has 0 saturated heterocycles. The van der Waals surface area contributed by atoms with E-state index in [1.165, 1.54) is 31.2 Å². The van der Waals surface area contributed by atoms with Gasteiger partial charge in [0.1, 0.15) is 5.82 Å². The molecule has 0 fully saturated rings. The zero-order valence-corrected chi connectivity index (χ0v) is 11.5. The molecule has 0 saturated carbocycles. The van der Waals surface area contributed by atoms with Gasteiger partial charge in [0.05, 0.1) is 0 Å². The first-order valence-electron chi connectivity index (χ1n) is 6.98. The van der Waals surface area contributed by atoms with Gasteiger partial charge in [-0.25, -0.2) is 4.98 Å². The largest absolute Gasteiger partial charge is 0.370 e. The van der Waals surface area contributed by atoms with Crippen LogP contribution < -0.4 is 5.32 Å².